The van der Waals surface area contributed by atoms with Crippen LogP contribution < -0.4 is 5.32 Å². The second kappa shape index (κ2) is 6.83. The Hall–Kier alpha value is -2.71. The van der Waals surface area contributed by atoms with Crippen LogP contribution in [0, 0.1) is 0 Å². The molecule has 9 heteroatoms. The summed E-state index contributed by atoms with van der Waals surface area (Å²) in [7, 11) is 0. The van der Waals surface area contributed by atoms with Crippen molar-refractivity contribution in [2.75, 3.05) is 13.2 Å². The van der Waals surface area contributed by atoms with Crippen LogP contribution in [-0.2, 0) is 29.4 Å². The van der Waals surface area contributed by atoms with E-state index in [-0.39, 0.29) is 18.8 Å². The van der Waals surface area contributed by atoms with Gasteiger partial charge in [0.2, 0.25) is 5.91 Å². The number of hydrogen-bond donors (Lipinski definition) is 4. The van der Waals surface area contributed by atoms with Gasteiger partial charge in [0.1, 0.15) is 0 Å². The van der Waals surface area contributed by atoms with Gasteiger partial charge in [-0.1, -0.05) is 0 Å². The summed E-state index contributed by atoms with van der Waals surface area (Å²) in [5.74, 6) is -4.19. The average molecular weight is 314 g/mol. The highest BCUT2D eigenvalue weighted by Gasteiger charge is 2.54. The third-order valence-corrected chi connectivity index (χ3v) is 2.71. The van der Waals surface area contributed by atoms with Crippen LogP contribution in [0.2, 0.25) is 0 Å². The van der Waals surface area contributed by atoms with Gasteiger partial charge in [0.25, 0.3) is 5.54 Å². The van der Waals surface area contributed by atoms with Crippen LogP contribution in [0.1, 0.15) is 26.3 Å². The SMILES string of the molecule is CCOC(=O)C(NC(C)=O)(C(=O)OCC)c1cc(O)[nH]c1O. The van der Waals surface area contributed by atoms with E-state index < -0.39 is 35.1 Å². The summed E-state index contributed by atoms with van der Waals surface area (Å²) >= 11 is 0. The molecule has 22 heavy (non-hydrogen) atoms. The zero-order chi connectivity index (χ0) is 16.9. The largest absolute Gasteiger partial charge is 0.495 e. The van der Waals surface area contributed by atoms with Crippen molar-refractivity contribution in [3.05, 3.63) is 11.6 Å². The standard InChI is InChI=1S/C13H18N2O7/c1-4-21-11(19)13(15-7(3)16,12(20)22-5-2)8-6-9(17)14-10(8)18/h6,14,17-18H,4-5H2,1-3H3,(H,15,16). The summed E-state index contributed by atoms with van der Waals surface area (Å²) in [6.07, 6.45) is 0. The molecule has 0 saturated heterocycles. The molecule has 1 aromatic rings. The maximum Gasteiger partial charge on any atom is 0.348 e. The number of ether oxygens (including phenoxy) is 2. The molecule has 1 rings (SSSR count). The predicted octanol–water partition coefficient (Wildman–Crippen LogP) is -0.117. The Morgan fingerprint density at radius 2 is 1.68 bits per heavy atom. The first-order valence-electron chi connectivity index (χ1n) is 6.54. The van der Waals surface area contributed by atoms with Crippen molar-refractivity contribution in [3.8, 4) is 11.8 Å². The van der Waals surface area contributed by atoms with Crippen LogP contribution in [0.3, 0.4) is 0 Å². The molecule has 1 heterocycles. The van der Waals surface area contributed by atoms with Gasteiger partial charge in [0.05, 0.1) is 18.8 Å². The Bertz CT molecular complexity index is 561. The highest BCUT2D eigenvalue weighted by molar-refractivity contribution is 6.09. The normalized spacial score (nSPS) is 10.9. The van der Waals surface area contributed by atoms with Crippen molar-refractivity contribution in [2.45, 2.75) is 26.3 Å². The van der Waals surface area contributed by atoms with Crippen molar-refractivity contribution < 1.29 is 34.1 Å². The molecule has 0 aliphatic heterocycles. The lowest BCUT2D eigenvalue weighted by Crippen LogP contribution is -2.58. The molecule has 0 spiro atoms. The minimum Gasteiger partial charge on any atom is -0.495 e. The van der Waals surface area contributed by atoms with Crippen LogP contribution in [0.4, 0.5) is 0 Å². The van der Waals surface area contributed by atoms with E-state index in [4.69, 9.17) is 9.47 Å². The van der Waals surface area contributed by atoms with E-state index in [2.05, 4.69) is 10.3 Å². The van der Waals surface area contributed by atoms with Crippen LogP contribution in [0.5, 0.6) is 11.8 Å². The second-order valence-corrected chi connectivity index (χ2v) is 4.29. The maximum atomic E-state index is 12.3. The maximum absolute atomic E-state index is 12.3. The molecule has 0 fully saturated rings. The summed E-state index contributed by atoms with van der Waals surface area (Å²) in [5.41, 5.74) is -2.79. The van der Waals surface area contributed by atoms with Gasteiger partial charge in [-0.15, -0.1) is 0 Å². The highest BCUT2D eigenvalue weighted by atomic mass is 16.6. The van der Waals surface area contributed by atoms with E-state index in [1.54, 1.807) is 0 Å². The monoisotopic (exact) mass is 314 g/mol. The third kappa shape index (κ3) is 3.13. The first-order chi connectivity index (χ1) is 10.3. The molecular formula is C13H18N2O7. The molecule has 0 radical (unpaired) electrons. The molecule has 122 valence electrons. The van der Waals surface area contributed by atoms with Crippen molar-refractivity contribution in [3.63, 3.8) is 0 Å². The number of hydrogen-bond acceptors (Lipinski definition) is 7. The van der Waals surface area contributed by atoms with Gasteiger partial charge in [-0.05, 0) is 13.8 Å². The van der Waals surface area contributed by atoms with Crippen LogP contribution in [0.25, 0.3) is 0 Å². The van der Waals surface area contributed by atoms with Gasteiger partial charge in [0, 0.05) is 13.0 Å². The van der Waals surface area contributed by atoms with Gasteiger partial charge < -0.3 is 25.0 Å². The Labute approximate surface area is 126 Å². The van der Waals surface area contributed by atoms with Gasteiger partial charge in [-0.3, -0.25) is 9.78 Å². The number of carbonyl (C=O) groups excluding carboxylic acids is 3. The summed E-state index contributed by atoms with van der Waals surface area (Å²) < 4.78 is 9.67. The number of H-pyrrole nitrogens is 1. The number of rotatable bonds is 6. The fourth-order valence-electron chi connectivity index (χ4n) is 1.93. The number of esters is 2. The van der Waals surface area contributed by atoms with Crippen LogP contribution in [0.15, 0.2) is 6.07 Å². The minimum absolute atomic E-state index is 0.0727. The van der Waals surface area contributed by atoms with E-state index >= 15 is 0 Å². The summed E-state index contributed by atoms with van der Waals surface area (Å²) in [5, 5.41) is 21.4. The quantitative estimate of drug-likeness (QED) is 0.424. The van der Waals surface area contributed by atoms with Gasteiger partial charge in [-0.2, -0.15) is 0 Å². The molecule has 0 atom stereocenters. The second-order valence-electron chi connectivity index (χ2n) is 4.29. The smallest absolute Gasteiger partial charge is 0.348 e. The number of amides is 1. The Kier molecular flexibility index (Phi) is 5.39. The molecule has 1 aromatic heterocycles. The molecule has 9 nitrogen and oxygen atoms in total. The Balaban J connectivity index is 3.56. The molecule has 0 unspecified atom stereocenters. The molecular weight excluding hydrogens is 296 g/mol. The topological polar surface area (TPSA) is 138 Å². The van der Waals surface area contributed by atoms with Crippen LogP contribution >= 0.6 is 0 Å². The summed E-state index contributed by atoms with van der Waals surface area (Å²) in [6.45, 7) is 3.95. The van der Waals surface area contributed by atoms with Crippen molar-refractivity contribution in [1.82, 2.24) is 10.3 Å². The van der Waals surface area contributed by atoms with Crippen molar-refractivity contribution in [2.24, 2.45) is 0 Å². The molecule has 0 aliphatic rings. The highest BCUT2D eigenvalue weighted by Crippen LogP contribution is 2.34. The molecule has 0 saturated carbocycles. The zero-order valence-corrected chi connectivity index (χ0v) is 12.4. The number of aromatic hydroxyl groups is 2. The van der Waals surface area contributed by atoms with Gasteiger partial charge >= 0.3 is 11.9 Å². The Morgan fingerprint density at radius 3 is 2.00 bits per heavy atom. The van der Waals surface area contributed by atoms with E-state index in [0.29, 0.717) is 0 Å². The molecule has 0 aromatic carbocycles. The molecule has 1 amide bonds. The predicted molar refractivity (Wildman–Crippen MR) is 72.9 cm³/mol. The van der Waals surface area contributed by atoms with E-state index in [0.717, 1.165) is 13.0 Å². The van der Waals surface area contributed by atoms with Crippen molar-refractivity contribution >= 4 is 17.8 Å². The van der Waals surface area contributed by atoms with Crippen molar-refractivity contribution in [1.29, 1.82) is 0 Å². The Morgan fingerprint density at radius 1 is 1.18 bits per heavy atom. The molecule has 4 N–H and O–H groups in total. The minimum atomic E-state index is -2.42. The van der Waals surface area contributed by atoms with E-state index in [1.807, 2.05) is 0 Å². The lowest BCUT2D eigenvalue weighted by atomic mass is 9.91. The summed E-state index contributed by atoms with van der Waals surface area (Å²) in [6, 6.07) is 0.930. The number of nitrogens with one attached hydrogen (secondary N) is 2. The number of carbonyl (C=O) groups is 3. The number of aromatic nitrogens is 1. The lowest BCUT2D eigenvalue weighted by Gasteiger charge is -2.29. The summed E-state index contributed by atoms with van der Waals surface area (Å²) in [4.78, 5) is 38.3. The van der Waals surface area contributed by atoms with Crippen LogP contribution in [-0.4, -0.2) is 46.3 Å². The third-order valence-electron chi connectivity index (χ3n) is 2.71. The zero-order valence-electron chi connectivity index (χ0n) is 12.4. The fraction of sp³-hybridized carbons (Fsp3) is 0.462. The first-order valence-corrected chi connectivity index (χ1v) is 6.54. The molecule has 0 bridgehead atoms. The number of aromatic amines is 1. The van der Waals surface area contributed by atoms with Gasteiger partial charge in [0.15, 0.2) is 11.8 Å². The first kappa shape index (κ1) is 17.3. The lowest BCUT2D eigenvalue weighted by molar-refractivity contribution is -0.168. The van der Waals surface area contributed by atoms with E-state index in [9.17, 15) is 24.6 Å². The van der Waals surface area contributed by atoms with Gasteiger partial charge in [-0.25, -0.2) is 9.59 Å². The average Bonchev–Trinajstić information content (AvgIpc) is 2.75. The fourth-order valence-corrected chi connectivity index (χ4v) is 1.93. The van der Waals surface area contributed by atoms with E-state index in [1.165, 1.54) is 13.8 Å². The molecule has 0 aliphatic carbocycles.